The first-order chi connectivity index (χ1) is 7.79. The van der Waals surface area contributed by atoms with E-state index in [1.54, 1.807) is 13.2 Å². The van der Waals surface area contributed by atoms with Crippen molar-refractivity contribution in [3.05, 3.63) is 47.8 Å². The molecule has 0 saturated carbocycles. The number of rotatable bonds is 3. The largest absolute Gasteiger partial charge is 0.357 e. The molecule has 0 saturated heterocycles. The molecule has 0 radical (unpaired) electrons. The average molecular weight is 218 g/mol. The molecule has 0 fully saturated rings. The zero-order valence-corrected chi connectivity index (χ0v) is 8.81. The van der Waals surface area contributed by atoms with Crippen LogP contribution >= 0.6 is 0 Å². The van der Waals surface area contributed by atoms with Crippen molar-refractivity contribution in [2.24, 2.45) is 0 Å². The molecule has 82 valence electrons. The van der Waals surface area contributed by atoms with Crippen molar-refractivity contribution < 1.29 is 4.39 Å². The van der Waals surface area contributed by atoms with Gasteiger partial charge >= 0.3 is 0 Å². The van der Waals surface area contributed by atoms with Crippen molar-refractivity contribution in [2.45, 2.75) is 6.42 Å². The second kappa shape index (κ2) is 4.65. The van der Waals surface area contributed by atoms with Gasteiger partial charge < -0.3 is 5.32 Å². The zero-order valence-electron chi connectivity index (χ0n) is 8.81. The molecule has 0 aliphatic rings. The van der Waals surface area contributed by atoms with Gasteiger partial charge in [-0.2, -0.15) is 0 Å². The second-order valence-electron chi connectivity index (χ2n) is 3.24. The summed E-state index contributed by atoms with van der Waals surface area (Å²) >= 11 is 0. The fourth-order valence-corrected chi connectivity index (χ4v) is 1.32. The van der Waals surface area contributed by atoms with E-state index < -0.39 is 5.82 Å². The van der Waals surface area contributed by atoms with Gasteiger partial charge in [-0.1, -0.05) is 6.07 Å². The Morgan fingerprint density at radius 3 is 2.88 bits per heavy atom. The van der Waals surface area contributed by atoms with E-state index in [4.69, 9.17) is 0 Å². The minimum Gasteiger partial charge on any atom is -0.357 e. The molecule has 0 amide bonds. The van der Waals surface area contributed by atoms with Crippen LogP contribution in [0.25, 0.3) is 0 Å². The van der Waals surface area contributed by atoms with Crippen molar-refractivity contribution in [2.75, 3.05) is 12.4 Å². The minimum atomic E-state index is -0.412. The highest BCUT2D eigenvalue weighted by molar-refractivity contribution is 5.26. The summed E-state index contributed by atoms with van der Waals surface area (Å²) in [6, 6.07) is 5.51. The third kappa shape index (κ3) is 2.31. The van der Waals surface area contributed by atoms with Crippen LogP contribution < -0.4 is 5.32 Å². The highest BCUT2D eigenvalue weighted by Crippen LogP contribution is 2.10. The van der Waals surface area contributed by atoms with Crippen LogP contribution in [0.1, 0.15) is 11.4 Å². The van der Waals surface area contributed by atoms with E-state index in [1.807, 2.05) is 18.2 Å². The molecule has 1 N–H and O–H groups in total. The molecule has 0 unspecified atom stereocenters. The number of halogens is 1. The van der Waals surface area contributed by atoms with Crippen LogP contribution in [0.3, 0.4) is 0 Å². The van der Waals surface area contributed by atoms with Gasteiger partial charge in [0.1, 0.15) is 0 Å². The third-order valence-corrected chi connectivity index (χ3v) is 2.12. The molecule has 0 aliphatic heterocycles. The number of pyridine rings is 1. The van der Waals surface area contributed by atoms with Gasteiger partial charge in [0, 0.05) is 25.4 Å². The topological polar surface area (TPSA) is 50.7 Å². The predicted octanol–water partition coefficient (Wildman–Crippen LogP) is 1.64. The quantitative estimate of drug-likeness (QED) is 0.850. The normalized spacial score (nSPS) is 10.1. The summed E-state index contributed by atoms with van der Waals surface area (Å²) in [5.74, 6) is -0.00279. The Morgan fingerprint density at radius 2 is 2.19 bits per heavy atom. The molecule has 0 aliphatic carbocycles. The first-order valence-corrected chi connectivity index (χ1v) is 4.88. The summed E-state index contributed by atoms with van der Waals surface area (Å²) in [6.45, 7) is 0. The number of nitrogens with zero attached hydrogens (tertiary/aromatic N) is 3. The predicted molar refractivity (Wildman–Crippen MR) is 58.6 cm³/mol. The monoisotopic (exact) mass is 218 g/mol. The Labute approximate surface area is 92.6 Å². The summed E-state index contributed by atoms with van der Waals surface area (Å²) in [7, 11) is 1.69. The van der Waals surface area contributed by atoms with Crippen molar-refractivity contribution in [3.8, 4) is 0 Å². The Hall–Kier alpha value is -2.04. The SMILES string of the molecule is CNc1ncc(F)c(Cc2ccccn2)n1. The molecule has 0 spiro atoms. The van der Waals surface area contributed by atoms with Crippen LogP contribution in [0.4, 0.5) is 10.3 Å². The zero-order chi connectivity index (χ0) is 11.4. The maximum absolute atomic E-state index is 13.4. The third-order valence-electron chi connectivity index (χ3n) is 2.12. The van der Waals surface area contributed by atoms with Gasteiger partial charge in [-0.25, -0.2) is 14.4 Å². The summed E-state index contributed by atoms with van der Waals surface area (Å²) in [5.41, 5.74) is 1.13. The van der Waals surface area contributed by atoms with Crippen molar-refractivity contribution in [3.63, 3.8) is 0 Å². The lowest BCUT2D eigenvalue weighted by molar-refractivity contribution is 0.595. The lowest BCUT2D eigenvalue weighted by atomic mass is 10.2. The Balaban J connectivity index is 2.27. The van der Waals surface area contributed by atoms with Crippen molar-refractivity contribution in [1.82, 2.24) is 15.0 Å². The highest BCUT2D eigenvalue weighted by Gasteiger charge is 2.07. The smallest absolute Gasteiger partial charge is 0.222 e. The van der Waals surface area contributed by atoms with Crippen LogP contribution in [0, 0.1) is 5.82 Å². The number of anilines is 1. The standard InChI is InChI=1S/C11H11FN4/c1-13-11-15-7-9(12)10(16-11)6-8-4-2-3-5-14-8/h2-5,7H,6H2,1H3,(H,13,15,16). The number of aromatic nitrogens is 3. The molecular weight excluding hydrogens is 207 g/mol. The Kier molecular flexibility index (Phi) is 3.05. The summed E-state index contributed by atoms with van der Waals surface area (Å²) in [5, 5.41) is 2.77. The van der Waals surface area contributed by atoms with Gasteiger partial charge in [0.25, 0.3) is 0 Å². The molecule has 2 aromatic rings. The van der Waals surface area contributed by atoms with E-state index in [2.05, 4.69) is 20.3 Å². The number of nitrogens with one attached hydrogen (secondary N) is 1. The van der Waals surface area contributed by atoms with Crippen molar-refractivity contribution >= 4 is 5.95 Å². The van der Waals surface area contributed by atoms with Gasteiger partial charge in [-0.3, -0.25) is 4.98 Å². The molecule has 16 heavy (non-hydrogen) atoms. The summed E-state index contributed by atoms with van der Waals surface area (Å²) in [6.07, 6.45) is 3.20. The van der Waals surface area contributed by atoms with E-state index in [0.717, 1.165) is 11.9 Å². The van der Waals surface area contributed by atoms with E-state index in [1.165, 1.54) is 0 Å². The fourth-order valence-electron chi connectivity index (χ4n) is 1.32. The van der Waals surface area contributed by atoms with E-state index in [9.17, 15) is 4.39 Å². The van der Waals surface area contributed by atoms with Crippen LogP contribution in [-0.4, -0.2) is 22.0 Å². The maximum atomic E-state index is 13.4. The number of hydrogen-bond donors (Lipinski definition) is 1. The Bertz CT molecular complexity index is 473. The van der Waals surface area contributed by atoms with Crippen LogP contribution in [-0.2, 0) is 6.42 Å². The van der Waals surface area contributed by atoms with Gasteiger partial charge in [0.2, 0.25) is 5.95 Å². The molecule has 0 atom stereocenters. The highest BCUT2D eigenvalue weighted by atomic mass is 19.1. The van der Waals surface area contributed by atoms with Crippen molar-refractivity contribution in [1.29, 1.82) is 0 Å². The van der Waals surface area contributed by atoms with E-state index >= 15 is 0 Å². The van der Waals surface area contributed by atoms with Gasteiger partial charge in [-0.15, -0.1) is 0 Å². The Morgan fingerprint density at radius 1 is 1.31 bits per heavy atom. The summed E-state index contributed by atoms with van der Waals surface area (Å²) in [4.78, 5) is 12.0. The van der Waals surface area contributed by atoms with E-state index in [-0.39, 0.29) is 0 Å². The first kappa shape index (κ1) is 10.5. The average Bonchev–Trinajstić information content (AvgIpc) is 2.33. The molecule has 0 aromatic carbocycles. The molecule has 5 heteroatoms. The van der Waals surface area contributed by atoms with Crippen LogP contribution in [0.5, 0.6) is 0 Å². The van der Waals surface area contributed by atoms with Gasteiger partial charge in [0.15, 0.2) is 5.82 Å². The lowest BCUT2D eigenvalue weighted by Crippen LogP contribution is -2.04. The minimum absolute atomic E-state index is 0.345. The molecule has 4 nitrogen and oxygen atoms in total. The van der Waals surface area contributed by atoms with Gasteiger partial charge in [-0.05, 0) is 12.1 Å². The molecular formula is C11H11FN4. The maximum Gasteiger partial charge on any atom is 0.222 e. The second-order valence-corrected chi connectivity index (χ2v) is 3.24. The lowest BCUT2D eigenvalue weighted by Gasteiger charge is -2.04. The first-order valence-electron chi connectivity index (χ1n) is 4.88. The fraction of sp³-hybridized carbons (Fsp3) is 0.182. The molecule has 2 rings (SSSR count). The summed E-state index contributed by atoms with van der Waals surface area (Å²) < 4.78 is 13.4. The van der Waals surface area contributed by atoms with Gasteiger partial charge in [0.05, 0.1) is 11.9 Å². The molecule has 2 heterocycles. The van der Waals surface area contributed by atoms with Crippen LogP contribution in [0.2, 0.25) is 0 Å². The van der Waals surface area contributed by atoms with E-state index in [0.29, 0.717) is 18.1 Å². The molecule has 0 bridgehead atoms. The molecule has 2 aromatic heterocycles. The number of hydrogen-bond acceptors (Lipinski definition) is 4. The van der Waals surface area contributed by atoms with Crippen LogP contribution in [0.15, 0.2) is 30.6 Å².